The Morgan fingerprint density at radius 1 is 1.14 bits per heavy atom. The number of ether oxygens (including phenoxy) is 1. The van der Waals surface area contributed by atoms with Crippen molar-refractivity contribution in [2.24, 2.45) is 0 Å². The first-order chi connectivity index (χ1) is 18.1. The van der Waals surface area contributed by atoms with Crippen LogP contribution in [0.2, 0.25) is 0 Å². The number of tetrazole rings is 1. The van der Waals surface area contributed by atoms with E-state index in [-0.39, 0.29) is 11.6 Å². The van der Waals surface area contributed by atoms with Crippen molar-refractivity contribution >= 4 is 10.9 Å². The summed E-state index contributed by atoms with van der Waals surface area (Å²) < 4.78 is 12.9. The fraction of sp³-hybridized carbons (Fsp3) is 0.296. The van der Waals surface area contributed by atoms with Crippen molar-refractivity contribution < 1.29 is 9.15 Å². The summed E-state index contributed by atoms with van der Waals surface area (Å²) >= 11 is 0. The van der Waals surface area contributed by atoms with E-state index in [1.807, 2.05) is 61.7 Å². The van der Waals surface area contributed by atoms with Crippen LogP contribution >= 0.6 is 0 Å². The van der Waals surface area contributed by atoms with Gasteiger partial charge in [0.05, 0.1) is 18.9 Å². The molecule has 0 aliphatic rings. The van der Waals surface area contributed by atoms with Crippen LogP contribution in [-0.4, -0.2) is 41.7 Å². The molecule has 5 aromatic rings. The minimum Gasteiger partial charge on any atom is -0.494 e. The number of nitrogens with one attached hydrogen (secondary N) is 1. The van der Waals surface area contributed by atoms with Crippen LogP contribution in [-0.2, 0) is 19.6 Å². The van der Waals surface area contributed by atoms with Crippen LogP contribution in [0.5, 0.6) is 5.75 Å². The predicted octanol–water partition coefficient (Wildman–Crippen LogP) is 4.10. The number of nitrogens with zero attached hydrogens (tertiary/aromatic N) is 6. The van der Waals surface area contributed by atoms with Gasteiger partial charge in [0.2, 0.25) is 0 Å². The van der Waals surface area contributed by atoms with Crippen molar-refractivity contribution in [2.75, 3.05) is 6.61 Å². The van der Waals surface area contributed by atoms with E-state index in [4.69, 9.17) is 9.15 Å². The van der Waals surface area contributed by atoms with E-state index in [1.165, 1.54) is 0 Å². The molecule has 0 radical (unpaired) electrons. The molecule has 1 atom stereocenters. The van der Waals surface area contributed by atoms with Gasteiger partial charge >= 0.3 is 0 Å². The van der Waals surface area contributed by atoms with Crippen molar-refractivity contribution in [3.8, 4) is 5.75 Å². The van der Waals surface area contributed by atoms with Crippen molar-refractivity contribution in [1.29, 1.82) is 0 Å². The average Bonchev–Trinajstić information content (AvgIpc) is 3.59. The van der Waals surface area contributed by atoms with Crippen molar-refractivity contribution in [3.63, 3.8) is 0 Å². The molecule has 0 fully saturated rings. The second kappa shape index (κ2) is 11.2. The van der Waals surface area contributed by atoms with Crippen molar-refractivity contribution in [1.82, 2.24) is 35.1 Å². The fourth-order valence-electron chi connectivity index (χ4n) is 4.54. The molecule has 0 saturated carbocycles. The number of aromatic amines is 1. The average molecular weight is 500 g/mol. The molecule has 1 aromatic carbocycles. The number of hydrogen-bond acceptors (Lipinski definition) is 8. The van der Waals surface area contributed by atoms with Crippen LogP contribution in [0.15, 0.2) is 76.4 Å². The van der Waals surface area contributed by atoms with Crippen molar-refractivity contribution in [2.45, 2.75) is 45.9 Å². The zero-order valence-corrected chi connectivity index (χ0v) is 20.9. The third kappa shape index (κ3) is 5.59. The Bertz CT molecular complexity index is 1500. The first kappa shape index (κ1) is 24.4. The second-order valence-corrected chi connectivity index (χ2v) is 8.77. The number of hydrogen-bond donors (Lipinski definition) is 1. The zero-order valence-electron chi connectivity index (χ0n) is 20.9. The normalized spacial score (nSPS) is 12.3. The number of benzene rings is 1. The van der Waals surface area contributed by atoms with E-state index in [0.29, 0.717) is 37.6 Å². The Kier molecular flexibility index (Phi) is 7.36. The lowest BCUT2D eigenvalue weighted by atomic mass is 10.1. The Hall–Kier alpha value is -4.31. The summed E-state index contributed by atoms with van der Waals surface area (Å²) in [4.78, 5) is 22.6. The maximum Gasteiger partial charge on any atom is 0.252 e. The van der Waals surface area contributed by atoms with Crippen LogP contribution in [0, 0.1) is 0 Å². The predicted molar refractivity (Wildman–Crippen MR) is 138 cm³/mol. The summed E-state index contributed by atoms with van der Waals surface area (Å²) in [6, 6.07) is 15.1. The molecule has 0 amide bonds. The van der Waals surface area contributed by atoms with Gasteiger partial charge in [-0.1, -0.05) is 13.0 Å². The number of aromatic nitrogens is 6. The largest absolute Gasteiger partial charge is 0.494 e. The number of furan rings is 1. The van der Waals surface area contributed by atoms with Crippen LogP contribution in [0.25, 0.3) is 10.9 Å². The lowest BCUT2D eigenvalue weighted by molar-refractivity contribution is 0.160. The Labute approximate surface area is 213 Å². The maximum absolute atomic E-state index is 13.1. The number of pyridine rings is 2. The lowest BCUT2D eigenvalue weighted by Gasteiger charge is -2.30. The van der Waals surface area contributed by atoms with Crippen molar-refractivity contribution in [3.05, 3.63) is 100 Å². The van der Waals surface area contributed by atoms with Crippen LogP contribution in [0.1, 0.15) is 49.0 Å². The van der Waals surface area contributed by atoms with Crippen LogP contribution in [0.4, 0.5) is 0 Å². The van der Waals surface area contributed by atoms with E-state index in [2.05, 4.69) is 37.3 Å². The van der Waals surface area contributed by atoms with Gasteiger partial charge in [0, 0.05) is 41.9 Å². The lowest BCUT2D eigenvalue weighted by Crippen LogP contribution is -2.32. The van der Waals surface area contributed by atoms with Gasteiger partial charge in [0.25, 0.3) is 5.56 Å². The molecule has 1 N–H and O–H groups in total. The third-order valence-corrected chi connectivity index (χ3v) is 6.26. The van der Waals surface area contributed by atoms with Gasteiger partial charge in [-0.15, -0.1) is 5.10 Å². The SMILES string of the molecule is CCOc1ccc2[nH]c(=O)c(CN(Cc3cccnc3)[C@H](CC)c3nnnn3Cc3ccco3)cc2c1. The Morgan fingerprint density at radius 3 is 2.81 bits per heavy atom. The van der Waals surface area contributed by atoms with Gasteiger partial charge in [-0.05, 0) is 71.8 Å². The molecule has 0 aliphatic heterocycles. The zero-order chi connectivity index (χ0) is 25.6. The molecular formula is C27H29N7O3. The van der Waals surface area contributed by atoms with E-state index in [0.717, 1.165) is 34.4 Å². The molecule has 5 rings (SSSR count). The van der Waals surface area contributed by atoms with E-state index >= 15 is 0 Å². The number of fused-ring (bicyclic) bond motifs is 1. The summed E-state index contributed by atoms with van der Waals surface area (Å²) in [6.45, 7) is 5.99. The highest BCUT2D eigenvalue weighted by Gasteiger charge is 2.26. The topological polar surface area (TPSA) is 115 Å². The van der Waals surface area contributed by atoms with Crippen LogP contribution < -0.4 is 10.3 Å². The highest BCUT2D eigenvalue weighted by atomic mass is 16.5. The molecule has 0 saturated heterocycles. The maximum atomic E-state index is 13.1. The van der Waals surface area contributed by atoms with E-state index in [9.17, 15) is 4.79 Å². The summed E-state index contributed by atoms with van der Waals surface area (Å²) in [5.74, 6) is 2.24. The molecular weight excluding hydrogens is 470 g/mol. The molecule has 10 heteroatoms. The smallest absolute Gasteiger partial charge is 0.252 e. The molecule has 0 spiro atoms. The molecule has 10 nitrogen and oxygen atoms in total. The van der Waals surface area contributed by atoms with Gasteiger partial charge < -0.3 is 14.1 Å². The summed E-state index contributed by atoms with van der Waals surface area (Å²) in [5.41, 5.74) is 2.32. The van der Waals surface area contributed by atoms with Gasteiger partial charge in [0.15, 0.2) is 5.82 Å². The first-order valence-corrected chi connectivity index (χ1v) is 12.3. The van der Waals surface area contributed by atoms with E-state index in [1.54, 1.807) is 17.1 Å². The Balaban J connectivity index is 1.51. The molecule has 0 bridgehead atoms. The minimum absolute atomic E-state index is 0.127. The van der Waals surface area contributed by atoms with E-state index < -0.39 is 0 Å². The second-order valence-electron chi connectivity index (χ2n) is 8.77. The minimum atomic E-state index is -0.157. The van der Waals surface area contributed by atoms with Gasteiger partial charge in [-0.2, -0.15) is 0 Å². The third-order valence-electron chi connectivity index (χ3n) is 6.26. The summed E-state index contributed by atoms with van der Waals surface area (Å²) in [6.07, 6.45) is 5.96. The quantitative estimate of drug-likeness (QED) is 0.289. The molecule has 4 heterocycles. The monoisotopic (exact) mass is 499 g/mol. The molecule has 4 aromatic heterocycles. The van der Waals surface area contributed by atoms with Gasteiger partial charge in [-0.3, -0.25) is 14.7 Å². The number of H-pyrrole nitrogens is 1. The summed E-state index contributed by atoms with van der Waals surface area (Å²) in [5, 5.41) is 13.5. The highest BCUT2D eigenvalue weighted by Crippen LogP contribution is 2.27. The Morgan fingerprint density at radius 2 is 2.05 bits per heavy atom. The standard InChI is InChI=1S/C27H29N7O3/c1-3-25(26-30-31-32-34(26)18-23-8-6-12-37-23)33(16-19-7-5-11-28-15-19)17-21-13-20-14-22(36-4-2)9-10-24(20)29-27(21)35/h5-15,25H,3-4,16-18H2,1-2H3,(H,29,35)/t25-/m1/s1. The first-order valence-electron chi connectivity index (χ1n) is 12.3. The van der Waals surface area contributed by atoms with Crippen LogP contribution in [0.3, 0.4) is 0 Å². The van der Waals surface area contributed by atoms with Gasteiger partial charge in [-0.25, -0.2) is 4.68 Å². The highest BCUT2D eigenvalue weighted by molar-refractivity contribution is 5.80. The molecule has 190 valence electrons. The summed E-state index contributed by atoms with van der Waals surface area (Å²) in [7, 11) is 0. The molecule has 0 unspecified atom stereocenters. The molecule has 37 heavy (non-hydrogen) atoms. The molecule has 0 aliphatic carbocycles. The fourth-order valence-corrected chi connectivity index (χ4v) is 4.54. The van der Waals surface area contributed by atoms with Gasteiger partial charge in [0.1, 0.15) is 18.1 Å². The number of rotatable bonds is 11.